The van der Waals surface area contributed by atoms with E-state index in [0.29, 0.717) is 17.5 Å². The fourth-order valence-electron chi connectivity index (χ4n) is 10.3. The largest absolute Gasteiger partial charge is 0.383 e. The third-order valence-corrected chi connectivity index (χ3v) is 13.9. The fraction of sp³-hybridized carbons (Fsp3) is 0. The molecule has 0 saturated carbocycles. The third kappa shape index (κ3) is 8.23. The van der Waals surface area contributed by atoms with E-state index in [1.54, 1.807) is 0 Å². The predicted molar refractivity (Wildman–Crippen MR) is 300 cm³/mol. The number of fused-ring (bicyclic) bond motifs is 6. The van der Waals surface area contributed by atoms with E-state index < -0.39 is 0 Å². The number of allylic oxidation sites excluding steroid dienone is 2. The molecule has 0 amide bonds. The van der Waals surface area contributed by atoms with Gasteiger partial charge in [-0.05, 0) is 139 Å². The second kappa shape index (κ2) is 18.5. The minimum Gasteiger partial charge on any atom is -0.383 e. The lowest BCUT2D eigenvalue weighted by Gasteiger charge is -2.37. The molecule has 0 aliphatic carbocycles. The number of hydrogen-bond donors (Lipinski definition) is 0. The van der Waals surface area contributed by atoms with Crippen molar-refractivity contribution in [1.82, 2.24) is 15.0 Å². The molecule has 0 fully saturated rings. The van der Waals surface area contributed by atoms with E-state index in [1.807, 2.05) is 6.07 Å². The van der Waals surface area contributed by atoms with E-state index in [-0.39, 0.29) is 6.85 Å². The van der Waals surface area contributed by atoms with Gasteiger partial charge in [-0.25, -0.2) is 15.0 Å². The van der Waals surface area contributed by atoms with Crippen molar-refractivity contribution in [3.63, 3.8) is 0 Å². The molecule has 11 aromatic rings. The maximum atomic E-state index is 5.40. The highest BCUT2D eigenvalue weighted by molar-refractivity contribution is 6.84. The van der Waals surface area contributed by atoms with Gasteiger partial charge in [-0.2, -0.15) is 0 Å². The molecule has 72 heavy (non-hydrogen) atoms. The zero-order valence-corrected chi connectivity index (χ0v) is 39.3. The molecule has 0 N–H and O–H groups in total. The first-order valence-corrected chi connectivity index (χ1v) is 24.5. The van der Waals surface area contributed by atoms with Crippen LogP contribution < -0.4 is 10.3 Å². The van der Waals surface area contributed by atoms with Crippen LogP contribution in [0.25, 0.3) is 106 Å². The molecule has 1 aromatic heterocycles. The van der Waals surface area contributed by atoms with Gasteiger partial charge in [0.1, 0.15) is 0 Å². The molecule has 10 aromatic carbocycles. The topological polar surface area (TPSA) is 41.9 Å². The molecular formula is C67H45BN4. The summed E-state index contributed by atoms with van der Waals surface area (Å²) in [6.07, 6.45) is 4.39. The maximum Gasteiger partial charge on any atom is 0.321 e. The van der Waals surface area contributed by atoms with Crippen LogP contribution in [0.15, 0.2) is 273 Å². The van der Waals surface area contributed by atoms with Gasteiger partial charge in [0, 0.05) is 28.0 Å². The molecule has 13 rings (SSSR count). The Bertz CT molecular complexity index is 3740. The molecule has 5 heteroatoms. The number of nitrogens with zero attached hydrogens (tertiary/aromatic N) is 4. The summed E-state index contributed by atoms with van der Waals surface area (Å²) in [5.74, 6) is 4.17. The van der Waals surface area contributed by atoms with E-state index in [4.69, 9.17) is 15.0 Å². The lowest BCUT2D eigenvalue weighted by atomic mass is 9.49. The zero-order valence-electron chi connectivity index (χ0n) is 39.3. The number of anilines is 1. The molecule has 2 aliphatic rings. The Morgan fingerprint density at radius 3 is 1.21 bits per heavy atom. The van der Waals surface area contributed by atoms with Crippen LogP contribution in [0.3, 0.4) is 0 Å². The van der Waals surface area contributed by atoms with Crippen LogP contribution in [0.5, 0.6) is 0 Å². The maximum absolute atomic E-state index is 5.40. The van der Waals surface area contributed by atoms with Gasteiger partial charge in [0.15, 0.2) is 17.5 Å². The molecule has 0 radical (unpaired) electrons. The monoisotopic (exact) mass is 916 g/mol. The number of benzene rings is 10. The molecule has 3 heterocycles. The molecule has 0 spiro atoms. The van der Waals surface area contributed by atoms with E-state index in [2.05, 4.69) is 272 Å². The van der Waals surface area contributed by atoms with Gasteiger partial charge < -0.3 is 4.81 Å². The van der Waals surface area contributed by atoms with Gasteiger partial charge in [0.25, 0.3) is 0 Å². The molecule has 0 bridgehead atoms. The van der Waals surface area contributed by atoms with Crippen molar-refractivity contribution in [3.8, 4) is 101 Å². The summed E-state index contributed by atoms with van der Waals surface area (Å²) in [4.78, 5) is 18.5. The highest BCUT2D eigenvalue weighted by Gasteiger charge is 2.35. The highest BCUT2D eigenvalue weighted by Crippen LogP contribution is 2.42. The van der Waals surface area contributed by atoms with Crippen molar-refractivity contribution in [1.29, 1.82) is 0 Å². The molecule has 336 valence electrons. The Morgan fingerprint density at radius 2 is 0.667 bits per heavy atom. The fourth-order valence-corrected chi connectivity index (χ4v) is 10.3. The van der Waals surface area contributed by atoms with Gasteiger partial charge in [-0.15, -0.1) is 0 Å². The molecule has 0 atom stereocenters. The van der Waals surface area contributed by atoms with Crippen molar-refractivity contribution in [3.05, 3.63) is 279 Å². The Kier molecular flexibility index (Phi) is 10.9. The van der Waals surface area contributed by atoms with Gasteiger partial charge in [-0.3, -0.25) is 0 Å². The SMILES string of the molecule is C1=CN2B(C=C1c1nc(-c3cccc(-c4ccccc4)c3)nc(-c3cc(-c4ccccc4)cc(-c4ccccc4)c3)n1)c1ccccc1-c1ccc(-c3cc(-c4ccccc4)cc(-c4ccccc4)c3)cc12. The van der Waals surface area contributed by atoms with Crippen molar-refractivity contribution < 1.29 is 0 Å². The minimum atomic E-state index is -0.115. The Labute approximate surface area is 420 Å². The molecule has 0 saturated heterocycles. The van der Waals surface area contributed by atoms with Crippen molar-refractivity contribution in [2.45, 2.75) is 0 Å². The molecule has 0 unspecified atom stereocenters. The summed E-state index contributed by atoms with van der Waals surface area (Å²) >= 11 is 0. The van der Waals surface area contributed by atoms with Crippen LogP contribution in [0.2, 0.25) is 0 Å². The summed E-state index contributed by atoms with van der Waals surface area (Å²) in [7, 11) is 0. The second-order valence-corrected chi connectivity index (χ2v) is 18.4. The summed E-state index contributed by atoms with van der Waals surface area (Å²) < 4.78 is 0. The van der Waals surface area contributed by atoms with Crippen LogP contribution in [-0.2, 0) is 0 Å². The van der Waals surface area contributed by atoms with Gasteiger partial charge >= 0.3 is 6.85 Å². The summed E-state index contributed by atoms with van der Waals surface area (Å²) in [5.41, 5.74) is 21.3. The smallest absolute Gasteiger partial charge is 0.321 e. The first-order valence-electron chi connectivity index (χ1n) is 24.5. The van der Waals surface area contributed by atoms with Crippen LogP contribution in [0, 0.1) is 0 Å². The molecule has 2 aliphatic heterocycles. The van der Waals surface area contributed by atoms with E-state index >= 15 is 0 Å². The predicted octanol–water partition coefficient (Wildman–Crippen LogP) is 16.0. The average molecular weight is 917 g/mol. The number of hydrogen-bond acceptors (Lipinski definition) is 4. The van der Waals surface area contributed by atoms with E-state index in [0.717, 1.165) is 61.3 Å². The van der Waals surface area contributed by atoms with Crippen LogP contribution in [0.1, 0.15) is 5.82 Å². The van der Waals surface area contributed by atoms with Crippen LogP contribution in [0.4, 0.5) is 5.69 Å². The van der Waals surface area contributed by atoms with Crippen LogP contribution in [-0.4, -0.2) is 21.8 Å². The lowest BCUT2D eigenvalue weighted by Crippen LogP contribution is -2.49. The minimum absolute atomic E-state index is 0.115. The van der Waals surface area contributed by atoms with Crippen molar-refractivity contribution >= 4 is 23.6 Å². The zero-order chi connectivity index (χ0) is 47.8. The number of aromatic nitrogens is 3. The summed E-state index contributed by atoms with van der Waals surface area (Å²) in [6, 6.07) is 90.8. The van der Waals surface area contributed by atoms with Gasteiger partial charge in [0.05, 0.1) is 0 Å². The van der Waals surface area contributed by atoms with Gasteiger partial charge in [-0.1, -0.05) is 212 Å². The third-order valence-electron chi connectivity index (χ3n) is 13.9. The standard InChI is InChI=1S/C67H45BN4/c1-6-19-46(20-7-1)51-29-18-30-53(37-51)65-69-66(71-67(70-65)60-42-57(49-25-12-4-13-26-49)39-58(43-60)50-27-14-5-15-28-50)54-35-36-72-64-44-52(33-34-62(64)61-31-16-17-32-63(61)68(72)45-54)59-40-55(47-21-8-2-9-22-47)38-56(41-59)48-23-10-3-11-24-48/h1-45H. The van der Waals surface area contributed by atoms with Gasteiger partial charge in [0.2, 0.25) is 0 Å². The molecular weight excluding hydrogens is 872 g/mol. The van der Waals surface area contributed by atoms with E-state index in [9.17, 15) is 0 Å². The number of rotatable bonds is 9. The summed E-state index contributed by atoms with van der Waals surface area (Å²) in [6.45, 7) is -0.115. The van der Waals surface area contributed by atoms with Crippen LogP contribution >= 0.6 is 0 Å². The first-order chi connectivity index (χ1) is 35.6. The average Bonchev–Trinajstić information content (AvgIpc) is 3.48. The first kappa shape index (κ1) is 42.6. The Balaban J connectivity index is 0.950. The Hall–Kier alpha value is -9.45. The normalized spacial score (nSPS) is 12.4. The lowest BCUT2D eigenvalue weighted by molar-refractivity contribution is 1.04. The van der Waals surface area contributed by atoms with E-state index in [1.165, 1.54) is 44.4 Å². The quantitative estimate of drug-likeness (QED) is 0.135. The Morgan fingerprint density at radius 1 is 0.278 bits per heavy atom. The molecule has 4 nitrogen and oxygen atoms in total. The second-order valence-electron chi connectivity index (χ2n) is 18.4. The highest BCUT2D eigenvalue weighted by atomic mass is 15.1. The van der Waals surface area contributed by atoms with Crippen molar-refractivity contribution in [2.75, 3.05) is 4.81 Å². The van der Waals surface area contributed by atoms with Crippen molar-refractivity contribution in [2.24, 2.45) is 0 Å². The summed E-state index contributed by atoms with van der Waals surface area (Å²) in [5, 5.41) is 0.